The summed E-state index contributed by atoms with van der Waals surface area (Å²) >= 11 is 0. The molecule has 2 fully saturated rings. The molecule has 0 spiro atoms. The third kappa shape index (κ3) is 3.69. The first-order valence-electron chi connectivity index (χ1n) is 7.89. The van der Waals surface area contributed by atoms with E-state index in [0.29, 0.717) is 18.6 Å². The lowest BCUT2D eigenvalue weighted by Gasteiger charge is -2.46. The summed E-state index contributed by atoms with van der Waals surface area (Å²) < 4.78 is 0. The van der Waals surface area contributed by atoms with E-state index in [0.717, 1.165) is 19.0 Å². The minimum absolute atomic E-state index is 0.338. The highest BCUT2D eigenvalue weighted by Crippen LogP contribution is 2.25. The number of hydrogen-bond acceptors (Lipinski definition) is 4. The van der Waals surface area contributed by atoms with Gasteiger partial charge in [-0.05, 0) is 65.5 Å². The van der Waals surface area contributed by atoms with Crippen LogP contribution in [0.15, 0.2) is 0 Å². The van der Waals surface area contributed by atoms with Crippen molar-refractivity contribution in [3.05, 3.63) is 0 Å². The van der Waals surface area contributed by atoms with Crippen molar-refractivity contribution in [1.82, 2.24) is 14.7 Å². The molecule has 4 nitrogen and oxygen atoms in total. The molecule has 0 saturated carbocycles. The molecule has 2 heterocycles. The first kappa shape index (κ1) is 15.2. The van der Waals surface area contributed by atoms with E-state index in [1.54, 1.807) is 0 Å². The number of likely N-dealkylation sites (N-methyl/N-ethyl adjacent to an activating group) is 1. The molecule has 2 rings (SSSR count). The van der Waals surface area contributed by atoms with E-state index >= 15 is 0 Å². The molecule has 2 saturated heterocycles. The molecule has 0 aromatic heterocycles. The summed E-state index contributed by atoms with van der Waals surface area (Å²) in [6.45, 7) is 8.61. The SMILES string of the molecule is CCN1CCC(N2CC[C@H](CO)[C@H](N(C)C)C2)CC1. The normalized spacial score (nSPS) is 32.1. The van der Waals surface area contributed by atoms with Gasteiger partial charge in [0.25, 0.3) is 0 Å². The molecule has 2 aliphatic rings. The van der Waals surface area contributed by atoms with Gasteiger partial charge in [-0.15, -0.1) is 0 Å². The summed E-state index contributed by atoms with van der Waals surface area (Å²) in [5, 5.41) is 9.52. The second-order valence-corrected chi connectivity index (χ2v) is 6.42. The molecule has 112 valence electrons. The van der Waals surface area contributed by atoms with Gasteiger partial charge in [-0.3, -0.25) is 4.90 Å². The van der Waals surface area contributed by atoms with E-state index in [-0.39, 0.29) is 0 Å². The minimum Gasteiger partial charge on any atom is -0.396 e. The summed E-state index contributed by atoms with van der Waals surface area (Å²) in [7, 11) is 4.30. The smallest absolute Gasteiger partial charge is 0.0475 e. The van der Waals surface area contributed by atoms with Crippen molar-refractivity contribution in [3.63, 3.8) is 0 Å². The van der Waals surface area contributed by atoms with Crippen LogP contribution in [0.2, 0.25) is 0 Å². The Kier molecular flexibility index (Phi) is 5.63. The van der Waals surface area contributed by atoms with Crippen LogP contribution in [-0.4, -0.2) is 85.3 Å². The molecule has 4 heteroatoms. The number of aliphatic hydroxyl groups is 1. The minimum atomic E-state index is 0.338. The number of nitrogens with zero attached hydrogens (tertiary/aromatic N) is 3. The van der Waals surface area contributed by atoms with Crippen molar-refractivity contribution >= 4 is 0 Å². The predicted molar refractivity (Wildman–Crippen MR) is 79.4 cm³/mol. The fourth-order valence-electron chi connectivity index (χ4n) is 3.73. The lowest BCUT2D eigenvalue weighted by atomic mass is 9.89. The van der Waals surface area contributed by atoms with Crippen molar-refractivity contribution in [2.75, 3.05) is 53.4 Å². The lowest BCUT2D eigenvalue weighted by Crippen LogP contribution is -2.56. The predicted octanol–water partition coefficient (Wildman–Crippen LogP) is 0.715. The average Bonchev–Trinajstić information content (AvgIpc) is 2.46. The van der Waals surface area contributed by atoms with E-state index in [1.165, 1.54) is 39.0 Å². The van der Waals surface area contributed by atoms with Gasteiger partial charge in [0.1, 0.15) is 0 Å². The van der Waals surface area contributed by atoms with Gasteiger partial charge in [0, 0.05) is 25.2 Å². The molecule has 0 amide bonds. The first-order chi connectivity index (χ1) is 9.15. The van der Waals surface area contributed by atoms with Crippen molar-refractivity contribution in [2.45, 2.75) is 38.3 Å². The quantitative estimate of drug-likeness (QED) is 0.814. The Morgan fingerprint density at radius 3 is 2.32 bits per heavy atom. The summed E-state index contributed by atoms with van der Waals surface area (Å²) in [6.07, 6.45) is 3.78. The number of aliphatic hydroxyl groups excluding tert-OH is 1. The van der Waals surface area contributed by atoms with Crippen molar-refractivity contribution in [3.8, 4) is 0 Å². The Labute approximate surface area is 118 Å². The summed E-state index contributed by atoms with van der Waals surface area (Å²) in [5.74, 6) is 0.460. The molecule has 0 unspecified atom stereocenters. The highest BCUT2D eigenvalue weighted by molar-refractivity contribution is 4.89. The van der Waals surface area contributed by atoms with E-state index < -0.39 is 0 Å². The summed E-state index contributed by atoms with van der Waals surface area (Å²) in [5.41, 5.74) is 0. The zero-order chi connectivity index (χ0) is 13.8. The highest BCUT2D eigenvalue weighted by Gasteiger charge is 2.34. The molecule has 19 heavy (non-hydrogen) atoms. The van der Waals surface area contributed by atoms with Gasteiger partial charge < -0.3 is 14.9 Å². The standard InChI is InChI=1S/C15H31N3O/c1-4-17-8-6-14(7-9-17)18-10-5-13(12-19)15(11-18)16(2)3/h13-15,19H,4-12H2,1-3H3/t13-,15-/m1/s1. The van der Waals surface area contributed by atoms with Gasteiger partial charge in [0.05, 0.1) is 0 Å². The zero-order valence-electron chi connectivity index (χ0n) is 12.9. The second-order valence-electron chi connectivity index (χ2n) is 6.42. The van der Waals surface area contributed by atoms with E-state index in [9.17, 15) is 5.11 Å². The monoisotopic (exact) mass is 269 g/mol. The second kappa shape index (κ2) is 7.02. The number of likely N-dealkylation sites (tertiary alicyclic amines) is 2. The third-order valence-corrected chi connectivity index (χ3v) is 5.17. The number of hydrogen-bond donors (Lipinski definition) is 1. The molecular formula is C15H31N3O. The van der Waals surface area contributed by atoms with E-state index in [1.807, 2.05) is 0 Å². The van der Waals surface area contributed by atoms with Crippen molar-refractivity contribution in [1.29, 1.82) is 0 Å². The lowest BCUT2D eigenvalue weighted by molar-refractivity contribution is 0.0132. The fraction of sp³-hybridized carbons (Fsp3) is 1.00. The molecule has 0 aliphatic carbocycles. The summed E-state index contributed by atoms with van der Waals surface area (Å²) in [6, 6.07) is 1.29. The Bertz CT molecular complexity index is 264. The maximum Gasteiger partial charge on any atom is 0.0475 e. The Balaban J connectivity index is 1.88. The Hall–Kier alpha value is -0.160. The topological polar surface area (TPSA) is 30.0 Å². The largest absolute Gasteiger partial charge is 0.396 e. The molecular weight excluding hydrogens is 238 g/mol. The van der Waals surface area contributed by atoms with Crippen LogP contribution < -0.4 is 0 Å². The van der Waals surface area contributed by atoms with Crippen LogP contribution in [0.1, 0.15) is 26.2 Å². The molecule has 0 bridgehead atoms. The van der Waals surface area contributed by atoms with Crippen LogP contribution in [0, 0.1) is 5.92 Å². The van der Waals surface area contributed by atoms with Crippen molar-refractivity contribution in [2.24, 2.45) is 5.92 Å². The van der Waals surface area contributed by atoms with Gasteiger partial charge in [-0.1, -0.05) is 6.92 Å². The van der Waals surface area contributed by atoms with Gasteiger partial charge in [-0.25, -0.2) is 0 Å². The van der Waals surface area contributed by atoms with Gasteiger partial charge in [0.2, 0.25) is 0 Å². The molecule has 0 aromatic rings. The molecule has 0 aromatic carbocycles. The van der Waals surface area contributed by atoms with Gasteiger partial charge in [0.15, 0.2) is 0 Å². The fourth-order valence-corrected chi connectivity index (χ4v) is 3.73. The zero-order valence-corrected chi connectivity index (χ0v) is 12.9. The molecule has 1 N–H and O–H groups in total. The molecule has 2 aliphatic heterocycles. The van der Waals surface area contributed by atoms with Gasteiger partial charge >= 0.3 is 0 Å². The molecule has 0 radical (unpaired) electrons. The van der Waals surface area contributed by atoms with E-state index in [2.05, 4.69) is 35.7 Å². The maximum absolute atomic E-state index is 9.52. The number of piperidine rings is 2. The summed E-state index contributed by atoms with van der Waals surface area (Å²) in [4.78, 5) is 7.54. The van der Waals surface area contributed by atoms with Crippen LogP contribution >= 0.6 is 0 Å². The highest BCUT2D eigenvalue weighted by atomic mass is 16.3. The Morgan fingerprint density at radius 2 is 1.79 bits per heavy atom. The molecule has 2 atom stereocenters. The van der Waals surface area contributed by atoms with Crippen LogP contribution in [0.4, 0.5) is 0 Å². The van der Waals surface area contributed by atoms with Crippen LogP contribution in [0.5, 0.6) is 0 Å². The van der Waals surface area contributed by atoms with Crippen LogP contribution in [0.25, 0.3) is 0 Å². The average molecular weight is 269 g/mol. The first-order valence-corrected chi connectivity index (χ1v) is 7.89. The third-order valence-electron chi connectivity index (χ3n) is 5.17. The maximum atomic E-state index is 9.52. The van der Waals surface area contributed by atoms with Gasteiger partial charge in [-0.2, -0.15) is 0 Å². The Morgan fingerprint density at radius 1 is 1.11 bits per heavy atom. The van der Waals surface area contributed by atoms with Crippen LogP contribution in [-0.2, 0) is 0 Å². The van der Waals surface area contributed by atoms with E-state index in [4.69, 9.17) is 0 Å². The van der Waals surface area contributed by atoms with Crippen molar-refractivity contribution < 1.29 is 5.11 Å². The number of rotatable bonds is 4. The van der Waals surface area contributed by atoms with Crippen LogP contribution in [0.3, 0.4) is 0 Å².